The smallest absolute Gasteiger partial charge is 0.0540 e. The standard InChI is InChI=1S/C15H28N4/c1-4-8-19-9-6-5-7-13(10-16)15(19)14-11-17-18(3)12(14)2/h11,13,15H,4-10,16H2,1-3H3. The van der Waals surface area contributed by atoms with Gasteiger partial charge >= 0.3 is 0 Å². The van der Waals surface area contributed by atoms with Crippen molar-refractivity contribution in [3.8, 4) is 0 Å². The van der Waals surface area contributed by atoms with E-state index in [9.17, 15) is 0 Å². The normalized spacial score (nSPS) is 25.5. The third-order valence-electron chi connectivity index (χ3n) is 4.52. The molecule has 2 unspecified atom stereocenters. The molecule has 0 amide bonds. The molecule has 1 fully saturated rings. The second-order valence-electron chi connectivity index (χ2n) is 5.78. The summed E-state index contributed by atoms with van der Waals surface area (Å²) < 4.78 is 1.98. The molecule has 0 radical (unpaired) electrons. The molecule has 0 aliphatic carbocycles. The summed E-state index contributed by atoms with van der Waals surface area (Å²) in [6.07, 6.45) is 7.10. The lowest BCUT2D eigenvalue weighted by Gasteiger charge is -2.34. The number of hydrogen-bond donors (Lipinski definition) is 1. The van der Waals surface area contributed by atoms with Crippen molar-refractivity contribution in [1.82, 2.24) is 14.7 Å². The summed E-state index contributed by atoms with van der Waals surface area (Å²) in [5.41, 5.74) is 8.73. The van der Waals surface area contributed by atoms with Crippen LogP contribution in [-0.4, -0.2) is 34.3 Å². The lowest BCUT2D eigenvalue weighted by Crippen LogP contribution is -2.36. The minimum atomic E-state index is 0.459. The van der Waals surface area contributed by atoms with E-state index in [2.05, 4.69) is 30.0 Å². The lowest BCUT2D eigenvalue weighted by molar-refractivity contribution is 0.158. The van der Waals surface area contributed by atoms with Gasteiger partial charge in [-0.15, -0.1) is 0 Å². The number of aryl methyl sites for hydroxylation is 1. The third kappa shape index (κ3) is 3.00. The van der Waals surface area contributed by atoms with Crippen LogP contribution in [0.5, 0.6) is 0 Å². The van der Waals surface area contributed by atoms with E-state index in [1.807, 2.05) is 11.7 Å². The Bertz CT molecular complexity index is 399. The van der Waals surface area contributed by atoms with Gasteiger partial charge in [-0.3, -0.25) is 9.58 Å². The molecule has 0 spiro atoms. The van der Waals surface area contributed by atoms with Crippen LogP contribution in [0.4, 0.5) is 0 Å². The highest BCUT2D eigenvalue weighted by Gasteiger charge is 2.31. The summed E-state index contributed by atoms with van der Waals surface area (Å²) in [6.45, 7) is 7.57. The van der Waals surface area contributed by atoms with Crippen LogP contribution < -0.4 is 5.73 Å². The fraction of sp³-hybridized carbons (Fsp3) is 0.800. The Morgan fingerprint density at radius 2 is 2.21 bits per heavy atom. The highest BCUT2D eigenvalue weighted by atomic mass is 15.3. The first-order valence-corrected chi connectivity index (χ1v) is 7.61. The number of nitrogens with two attached hydrogens (primary N) is 1. The van der Waals surface area contributed by atoms with Gasteiger partial charge in [0.25, 0.3) is 0 Å². The zero-order valence-corrected chi connectivity index (χ0v) is 12.6. The molecule has 1 aromatic heterocycles. The van der Waals surface area contributed by atoms with Crippen molar-refractivity contribution in [3.63, 3.8) is 0 Å². The van der Waals surface area contributed by atoms with Crippen molar-refractivity contribution in [2.24, 2.45) is 18.7 Å². The molecule has 19 heavy (non-hydrogen) atoms. The van der Waals surface area contributed by atoms with Crippen molar-refractivity contribution < 1.29 is 0 Å². The van der Waals surface area contributed by atoms with E-state index >= 15 is 0 Å². The van der Waals surface area contributed by atoms with E-state index in [1.54, 1.807) is 0 Å². The van der Waals surface area contributed by atoms with Gasteiger partial charge in [0.1, 0.15) is 0 Å². The number of hydrogen-bond acceptors (Lipinski definition) is 3. The molecule has 108 valence electrons. The largest absolute Gasteiger partial charge is 0.330 e. The number of rotatable bonds is 4. The van der Waals surface area contributed by atoms with Gasteiger partial charge in [-0.05, 0) is 51.7 Å². The summed E-state index contributed by atoms with van der Waals surface area (Å²) in [4.78, 5) is 2.63. The molecular weight excluding hydrogens is 236 g/mol. The molecule has 2 N–H and O–H groups in total. The molecule has 2 atom stereocenters. The zero-order valence-electron chi connectivity index (χ0n) is 12.6. The molecule has 1 aliphatic heterocycles. The Labute approximate surface area is 117 Å². The molecule has 1 aromatic rings. The van der Waals surface area contributed by atoms with Crippen molar-refractivity contribution in [2.75, 3.05) is 19.6 Å². The summed E-state index contributed by atoms with van der Waals surface area (Å²) in [5.74, 6) is 0.567. The van der Waals surface area contributed by atoms with Crippen LogP contribution >= 0.6 is 0 Å². The minimum absolute atomic E-state index is 0.459. The molecule has 4 heteroatoms. The van der Waals surface area contributed by atoms with Gasteiger partial charge in [0.2, 0.25) is 0 Å². The molecule has 4 nitrogen and oxygen atoms in total. The predicted molar refractivity (Wildman–Crippen MR) is 78.9 cm³/mol. The summed E-state index contributed by atoms with van der Waals surface area (Å²) >= 11 is 0. The van der Waals surface area contributed by atoms with Crippen molar-refractivity contribution in [1.29, 1.82) is 0 Å². The van der Waals surface area contributed by atoms with E-state index in [4.69, 9.17) is 5.73 Å². The van der Waals surface area contributed by atoms with E-state index in [0.717, 1.165) is 13.1 Å². The summed E-state index contributed by atoms with van der Waals surface area (Å²) in [5, 5.41) is 4.43. The monoisotopic (exact) mass is 264 g/mol. The average Bonchev–Trinajstić information content (AvgIpc) is 2.64. The first kappa shape index (κ1) is 14.5. The van der Waals surface area contributed by atoms with Crippen LogP contribution in [0.15, 0.2) is 6.20 Å². The van der Waals surface area contributed by atoms with Gasteiger partial charge in [0, 0.05) is 24.3 Å². The highest BCUT2D eigenvalue weighted by Crippen LogP contribution is 2.35. The highest BCUT2D eigenvalue weighted by molar-refractivity contribution is 5.22. The molecule has 1 aliphatic rings. The van der Waals surface area contributed by atoms with E-state index in [1.165, 1.54) is 43.5 Å². The van der Waals surface area contributed by atoms with Crippen molar-refractivity contribution in [3.05, 3.63) is 17.5 Å². The Kier molecular flexibility index (Phi) is 4.99. The molecule has 1 saturated heterocycles. The molecule has 2 rings (SSSR count). The zero-order chi connectivity index (χ0) is 13.8. The number of likely N-dealkylation sites (tertiary alicyclic amines) is 1. The average molecular weight is 264 g/mol. The predicted octanol–water partition coefficient (Wildman–Crippen LogP) is 2.24. The Morgan fingerprint density at radius 1 is 1.42 bits per heavy atom. The second kappa shape index (κ2) is 6.53. The maximum absolute atomic E-state index is 6.06. The van der Waals surface area contributed by atoms with Gasteiger partial charge in [0.05, 0.1) is 6.20 Å². The molecular formula is C15H28N4. The maximum Gasteiger partial charge on any atom is 0.0540 e. The lowest BCUT2D eigenvalue weighted by atomic mass is 9.89. The molecule has 2 heterocycles. The van der Waals surface area contributed by atoms with Gasteiger partial charge in [-0.1, -0.05) is 13.3 Å². The number of nitrogens with zero attached hydrogens (tertiary/aromatic N) is 3. The Hall–Kier alpha value is -0.870. The van der Waals surface area contributed by atoms with Crippen molar-refractivity contribution >= 4 is 0 Å². The summed E-state index contributed by atoms with van der Waals surface area (Å²) in [6, 6.07) is 0.459. The molecule has 0 saturated carbocycles. The van der Waals surface area contributed by atoms with Gasteiger partial charge < -0.3 is 5.73 Å². The second-order valence-corrected chi connectivity index (χ2v) is 5.78. The minimum Gasteiger partial charge on any atom is -0.330 e. The van der Waals surface area contributed by atoms with E-state index in [0.29, 0.717) is 12.0 Å². The number of aromatic nitrogens is 2. The van der Waals surface area contributed by atoms with Gasteiger partial charge in [-0.2, -0.15) is 5.10 Å². The fourth-order valence-electron chi connectivity index (χ4n) is 3.36. The van der Waals surface area contributed by atoms with E-state index in [-0.39, 0.29) is 0 Å². The van der Waals surface area contributed by atoms with Crippen LogP contribution in [0.25, 0.3) is 0 Å². The quantitative estimate of drug-likeness (QED) is 0.907. The van der Waals surface area contributed by atoms with Crippen LogP contribution in [0.3, 0.4) is 0 Å². The van der Waals surface area contributed by atoms with E-state index < -0.39 is 0 Å². The van der Waals surface area contributed by atoms with Gasteiger partial charge in [-0.25, -0.2) is 0 Å². The third-order valence-corrected chi connectivity index (χ3v) is 4.52. The van der Waals surface area contributed by atoms with Crippen LogP contribution in [0.2, 0.25) is 0 Å². The fourth-order valence-corrected chi connectivity index (χ4v) is 3.36. The maximum atomic E-state index is 6.06. The van der Waals surface area contributed by atoms with Crippen LogP contribution in [0.1, 0.15) is 49.9 Å². The SMILES string of the molecule is CCCN1CCCCC(CN)C1c1cnn(C)c1C. The first-order chi connectivity index (χ1) is 9.19. The Balaban J connectivity index is 2.34. The van der Waals surface area contributed by atoms with Crippen LogP contribution in [-0.2, 0) is 7.05 Å². The molecule has 0 aromatic carbocycles. The van der Waals surface area contributed by atoms with Crippen molar-refractivity contribution in [2.45, 2.75) is 45.6 Å². The van der Waals surface area contributed by atoms with Gasteiger partial charge in [0.15, 0.2) is 0 Å². The molecule has 0 bridgehead atoms. The first-order valence-electron chi connectivity index (χ1n) is 7.61. The topological polar surface area (TPSA) is 47.1 Å². The Morgan fingerprint density at radius 3 is 2.79 bits per heavy atom. The summed E-state index contributed by atoms with van der Waals surface area (Å²) in [7, 11) is 2.02. The van der Waals surface area contributed by atoms with Crippen LogP contribution in [0, 0.1) is 12.8 Å².